The molecule has 7 atom stereocenters. The highest BCUT2D eigenvalue weighted by Gasteiger charge is 2.58. The molecule has 2 heteroatoms. The van der Waals surface area contributed by atoms with Gasteiger partial charge in [-0.2, -0.15) is 0 Å². The van der Waals surface area contributed by atoms with Crippen molar-refractivity contribution in [1.82, 2.24) is 0 Å². The Morgan fingerprint density at radius 2 is 1.86 bits per heavy atom. The summed E-state index contributed by atoms with van der Waals surface area (Å²) in [5, 5.41) is 12.9. The second kappa shape index (κ2) is 8.04. The van der Waals surface area contributed by atoms with Crippen LogP contribution in [-0.2, 0) is 0 Å². The van der Waals surface area contributed by atoms with Crippen molar-refractivity contribution < 1.29 is 5.21 Å². The molecule has 0 amide bonds. The van der Waals surface area contributed by atoms with Crippen LogP contribution in [0.4, 0.5) is 0 Å². The van der Waals surface area contributed by atoms with Crippen LogP contribution in [0, 0.1) is 46.3 Å². The lowest BCUT2D eigenvalue weighted by Crippen LogP contribution is -2.50. The Hall–Kier alpha value is -0.790. The van der Waals surface area contributed by atoms with Crippen molar-refractivity contribution >= 4 is 5.71 Å². The Bertz CT molecular complexity index is 663. The molecule has 0 aliphatic heterocycles. The first kappa shape index (κ1) is 21.4. The normalized spacial score (nSPS) is 44.2. The molecule has 0 heterocycles. The lowest BCUT2D eigenvalue weighted by Gasteiger charge is -2.58. The van der Waals surface area contributed by atoms with Crippen molar-refractivity contribution in [3.8, 4) is 0 Å². The maximum absolute atomic E-state index is 9.29. The van der Waals surface area contributed by atoms with Crippen LogP contribution < -0.4 is 0 Å². The van der Waals surface area contributed by atoms with Gasteiger partial charge in [-0.25, -0.2) is 0 Å². The standard InChI is InChI=1S/C27H45NO/c1-18(2)7-6-8-19(3)23-11-12-24-22-10-9-20-17-21(28-29)13-15-26(20,4)25(22)14-16-27(23,24)5/h9,18-19,22-25,29H,6-8,10-17H2,1-5H3/b28-21+/t19-,22+,23-,24+,25+,26+,27-/m1/s1. The summed E-state index contributed by atoms with van der Waals surface area (Å²) in [5.41, 5.74) is 3.54. The number of hydrogen-bond donors (Lipinski definition) is 1. The molecule has 0 aromatic heterocycles. The van der Waals surface area contributed by atoms with Crippen LogP contribution in [-0.4, -0.2) is 10.9 Å². The van der Waals surface area contributed by atoms with Gasteiger partial charge in [0.15, 0.2) is 0 Å². The molecule has 0 unspecified atom stereocenters. The smallest absolute Gasteiger partial charge is 0.0611 e. The fourth-order valence-corrected chi connectivity index (χ4v) is 8.60. The highest BCUT2D eigenvalue weighted by Crippen LogP contribution is 2.67. The lowest BCUT2D eigenvalue weighted by molar-refractivity contribution is -0.0469. The topological polar surface area (TPSA) is 32.6 Å². The van der Waals surface area contributed by atoms with E-state index in [2.05, 4.69) is 45.9 Å². The zero-order valence-electron chi connectivity index (χ0n) is 19.7. The second-order valence-electron chi connectivity index (χ2n) is 12.1. The van der Waals surface area contributed by atoms with Crippen LogP contribution in [0.3, 0.4) is 0 Å². The molecule has 164 valence electrons. The van der Waals surface area contributed by atoms with Gasteiger partial charge in [0.1, 0.15) is 0 Å². The van der Waals surface area contributed by atoms with Gasteiger partial charge < -0.3 is 5.21 Å². The number of allylic oxidation sites excluding steroid dienone is 2. The van der Waals surface area contributed by atoms with Gasteiger partial charge in [0, 0.05) is 6.42 Å². The summed E-state index contributed by atoms with van der Waals surface area (Å²) in [4.78, 5) is 0. The van der Waals surface area contributed by atoms with Gasteiger partial charge in [0.05, 0.1) is 5.71 Å². The summed E-state index contributed by atoms with van der Waals surface area (Å²) in [6, 6.07) is 0. The molecule has 0 bridgehead atoms. The van der Waals surface area contributed by atoms with E-state index in [0.717, 1.165) is 54.1 Å². The monoisotopic (exact) mass is 399 g/mol. The summed E-state index contributed by atoms with van der Waals surface area (Å²) < 4.78 is 0. The quantitative estimate of drug-likeness (QED) is 0.285. The maximum atomic E-state index is 9.29. The van der Waals surface area contributed by atoms with Gasteiger partial charge in [-0.1, -0.05) is 70.7 Å². The molecule has 0 radical (unpaired) electrons. The Morgan fingerprint density at radius 3 is 2.59 bits per heavy atom. The number of rotatable bonds is 5. The predicted octanol–water partition coefficient (Wildman–Crippen LogP) is 7.86. The van der Waals surface area contributed by atoms with Gasteiger partial charge in [-0.05, 0) is 91.3 Å². The molecule has 2 nitrogen and oxygen atoms in total. The van der Waals surface area contributed by atoms with Gasteiger partial charge >= 0.3 is 0 Å². The Kier molecular flexibility index (Phi) is 5.95. The van der Waals surface area contributed by atoms with Crippen molar-refractivity contribution in [2.45, 2.75) is 105 Å². The molecule has 3 fully saturated rings. The number of oxime groups is 1. The molecular weight excluding hydrogens is 354 g/mol. The molecule has 4 rings (SSSR count). The minimum Gasteiger partial charge on any atom is -0.411 e. The zero-order chi connectivity index (χ0) is 20.8. The summed E-state index contributed by atoms with van der Waals surface area (Å²) in [7, 11) is 0. The summed E-state index contributed by atoms with van der Waals surface area (Å²) >= 11 is 0. The average molecular weight is 400 g/mol. The third kappa shape index (κ3) is 3.61. The highest BCUT2D eigenvalue weighted by molar-refractivity contribution is 5.87. The first-order chi connectivity index (χ1) is 13.8. The largest absolute Gasteiger partial charge is 0.411 e. The zero-order valence-corrected chi connectivity index (χ0v) is 19.7. The van der Waals surface area contributed by atoms with Crippen molar-refractivity contribution in [2.24, 2.45) is 51.5 Å². The Balaban J connectivity index is 1.50. The van der Waals surface area contributed by atoms with E-state index in [4.69, 9.17) is 0 Å². The molecule has 0 aromatic rings. The van der Waals surface area contributed by atoms with E-state index >= 15 is 0 Å². The number of fused-ring (bicyclic) bond motifs is 5. The van der Waals surface area contributed by atoms with Crippen molar-refractivity contribution in [2.75, 3.05) is 0 Å². The van der Waals surface area contributed by atoms with Crippen LogP contribution in [0.5, 0.6) is 0 Å². The van der Waals surface area contributed by atoms with Gasteiger partial charge in [0.2, 0.25) is 0 Å². The van der Waals surface area contributed by atoms with E-state index in [1.54, 1.807) is 5.57 Å². The SMILES string of the molecule is CC(C)CCC[C@@H](C)[C@H]1CC[C@H]2[C@@H]3CC=C4C/C(=N/O)CC[C@]4(C)[C@H]3CC[C@]12C. The molecule has 3 saturated carbocycles. The van der Waals surface area contributed by atoms with Gasteiger partial charge in [-0.3, -0.25) is 0 Å². The van der Waals surface area contributed by atoms with E-state index in [1.807, 2.05) is 0 Å². The van der Waals surface area contributed by atoms with E-state index in [1.165, 1.54) is 57.8 Å². The third-order valence-electron chi connectivity index (χ3n) is 10.3. The van der Waals surface area contributed by atoms with E-state index in [-0.39, 0.29) is 0 Å². The van der Waals surface area contributed by atoms with Crippen LogP contribution in [0.25, 0.3) is 0 Å². The Morgan fingerprint density at radius 1 is 1.07 bits per heavy atom. The fourth-order valence-electron chi connectivity index (χ4n) is 8.60. The van der Waals surface area contributed by atoms with Crippen LogP contribution in [0.2, 0.25) is 0 Å². The van der Waals surface area contributed by atoms with E-state index < -0.39 is 0 Å². The molecule has 0 aromatic carbocycles. The molecule has 29 heavy (non-hydrogen) atoms. The fraction of sp³-hybridized carbons (Fsp3) is 0.889. The van der Waals surface area contributed by atoms with Crippen LogP contribution >= 0.6 is 0 Å². The minimum absolute atomic E-state index is 0.361. The average Bonchev–Trinajstić information content (AvgIpc) is 3.04. The van der Waals surface area contributed by atoms with Gasteiger partial charge in [0.25, 0.3) is 0 Å². The number of hydrogen-bond acceptors (Lipinski definition) is 2. The summed E-state index contributed by atoms with van der Waals surface area (Å²) in [6.45, 7) is 12.5. The minimum atomic E-state index is 0.361. The lowest BCUT2D eigenvalue weighted by atomic mass is 9.47. The third-order valence-corrected chi connectivity index (χ3v) is 10.3. The molecule has 4 aliphatic rings. The number of nitrogens with zero attached hydrogens (tertiary/aromatic N) is 1. The highest BCUT2D eigenvalue weighted by atomic mass is 16.4. The molecule has 4 aliphatic carbocycles. The Labute approximate surface area is 179 Å². The molecule has 1 N–H and O–H groups in total. The summed E-state index contributed by atoms with van der Waals surface area (Å²) in [6.07, 6.45) is 17.0. The van der Waals surface area contributed by atoms with Crippen molar-refractivity contribution in [3.05, 3.63) is 11.6 Å². The van der Waals surface area contributed by atoms with Crippen LogP contribution in [0.1, 0.15) is 105 Å². The first-order valence-corrected chi connectivity index (χ1v) is 12.7. The predicted molar refractivity (Wildman–Crippen MR) is 122 cm³/mol. The van der Waals surface area contributed by atoms with Crippen molar-refractivity contribution in [1.29, 1.82) is 0 Å². The van der Waals surface area contributed by atoms with E-state index in [0.29, 0.717) is 10.8 Å². The summed E-state index contributed by atoms with van der Waals surface area (Å²) in [5.74, 6) is 5.36. The molecular formula is C27H45NO. The maximum Gasteiger partial charge on any atom is 0.0611 e. The first-order valence-electron chi connectivity index (χ1n) is 12.7. The van der Waals surface area contributed by atoms with Crippen LogP contribution in [0.15, 0.2) is 16.8 Å². The van der Waals surface area contributed by atoms with Gasteiger partial charge in [-0.15, -0.1) is 0 Å². The second-order valence-corrected chi connectivity index (χ2v) is 12.1. The molecule has 0 saturated heterocycles. The molecule has 0 spiro atoms. The van der Waals surface area contributed by atoms with E-state index in [9.17, 15) is 5.21 Å². The van der Waals surface area contributed by atoms with Crippen molar-refractivity contribution in [3.63, 3.8) is 0 Å².